The van der Waals surface area contributed by atoms with Crippen LogP contribution in [0.15, 0.2) is 6.07 Å². The highest BCUT2D eigenvalue weighted by molar-refractivity contribution is 5.11. The number of hydrogen-bond acceptors (Lipinski definition) is 2. The first kappa shape index (κ1) is 15.6. The Morgan fingerprint density at radius 1 is 1.40 bits per heavy atom. The van der Waals surface area contributed by atoms with Crippen molar-refractivity contribution in [3.05, 3.63) is 17.5 Å². The van der Waals surface area contributed by atoms with E-state index in [2.05, 4.69) is 48.9 Å². The minimum Gasteiger partial charge on any atom is -0.313 e. The van der Waals surface area contributed by atoms with Gasteiger partial charge in [0.15, 0.2) is 0 Å². The predicted octanol–water partition coefficient (Wildman–Crippen LogP) is 3.56. The zero-order valence-corrected chi connectivity index (χ0v) is 13.7. The van der Waals surface area contributed by atoms with Crippen molar-refractivity contribution in [2.24, 2.45) is 11.8 Å². The SMILES string of the molecule is CCCNC(Cc1cc(C)nn1CC)C1CCC(C)C1. The largest absolute Gasteiger partial charge is 0.313 e. The standard InChI is InChI=1S/C17H31N3/c1-5-9-18-17(15-8-7-13(3)10-15)12-16-11-14(4)19-20(16)6-2/h11,13,15,17-18H,5-10,12H2,1-4H3. The molecule has 3 heteroatoms. The number of nitrogens with one attached hydrogen (secondary N) is 1. The van der Waals surface area contributed by atoms with Gasteiger partial charge < -0.3 is 5.32 Å². The summed E-state index contributed by atoms with van der Waals surface area (Å²) in [6.45, 7) is 11.0. The molecule has 114 valence electrons. The Morgan fingerprint density at radius 3 is 2.80 bits per heavy atom. The summed E-state index contributed by atoms with van der Waals surface area (Å²) in [5, 5.41) is 8.39. The minimum atomic E-state index is 0.626. The number of nitrogens with zero attached hydrogens (tertiary/aromatic N) is 2. The Morgan fingerprint density at radius 2 is 2.20 bits per heavy atom. The summed E-state index contributed by atoms with van der Waals surface area (Å²) in [7, 11) is 0. The fourth-order valence-electron chi connectivity index (χ4n) is 3.61. The third-order valence-corrected chi connectivity index (χ3v) is 4.68. The van der Waals surface area contributed by atoms with Crippen LogP contribution in [0.3, 0.4) is 0 Å². The zero-order valence-electron chi connectivity index (χ0n) is 13.7. The Kier molecular flexibility index (Phi) is 5.64. The van der Waals surface area contributed by atoms with Crippen molar-refractivity contribution in [3.8, 4) is 0 Å². The molecule has 1 aromatic rings. The molecule has 1 aromatic heterocycles. The van der Waals surface area contributed by atoms with Crippen LogP contribution in [0, 0.1) is 18.8 Å². The molecule has 2 rings (SSSR count). The van der Waals surface area contributed by atoms with Gasteiger partial charge in [-0.25, -0.2) is 0 Å². The molecule has 0 radical (unpaired) electrons. The van der Waals surface area contributed by atoms with E-state index in [1.54, 1.807) is 0 Å². The lowest BCUT2D eigenvalue weighted by Crippen LogP contribution is -2.38. The van der Waals surface area contributed by atoms with Crippen molar-refractivity contribution in [2.45, 2.75) is 72.4 Å². The third kappa shape index (κ3) is 3.85. The smallest absolute Gasteiger partial charge is 0.0596 e. The van der Waals surface area contributed by atoms with E-state index in [1.165, 1.54) is 31.4 Å². The number of hydrogen-bond donors (Lipinski definition) is 1. The van der Waals surface area contributed by atoms with Gasteiger partial charge in [-0.15, -0.1) is 0 Å². The number of aryl methyl sites for hydroxylation is 2. The van der Waals surface area contributed by atoms with E-state index in [-0.39, 0.29) is 0 Å². The molecular formula is C17H31N3. The Balaban J connectivity index is 2.06. The van der Waals surface area contributed by atoms with Crippen LogP contribution >= 0.6 is 0 Å². The van der Waals surface area contributed by atoms with Crippen LogP contribution in [0.25, 0.3) is 0 Å². The molecule has 1 N–H and O–H groups in total. The maximum Gasteiger partial charge on any atom is 0.0596 e. The van der Waals surface area contributed by atoms with Gasteiger partial charge in [0.2, 0.25) is 0 Å². The van der Waals surface area contributed by atoms with Gasteiger partial charge >= 0.3 is 0 Å². The summed E-state index contributed by atoms with van der Waals surface area (Å²) in [4.78, 5) is 0. The molecule has 3 atom stereocenters. The third-order valence-electron chi connectivity index (χ3n) is 4.68. The highest BCUT2D eigenvalue weighted by Gasteiger charge is 2.29. The van der Waals surface area contributed by atoms with Gasteiger partial charge in [0.25, 0.3) is 0 Å². The molecule has 0 aromatic carbocycles. The van der Waals surface area contributed by atoms with Gasteiger partial charge in [-0.3, -0.25) is 4.68 Å². The minimum absolute atomic E-state index is 0.626. The van der Waals surface area contributed by atoms with Crippen molar-refractivity contribution in [1.82, 2.24) is 15.1 Å². The first-order valence-electron chi connectivity index (χ1n) is 8.40. The van der Waals surface area contributed by atoms with E-state index < -0.39 is 0 Å². The molecule has 1 aliphatic rings. The fraction of sp³-hybridized carbons (Fsp3) is 0.824. The van der Waals surface area contributed by atoms with E-state index in [0.717, 1.165) is 37.0 Å². The summed E-state index contributed by atoms with van der Waals surface area (Å²) in [5.41, 5.74) is 2.55. The summed E-state index contributed by atoms with van der Waals surface area (Å²) >= 11 is 0. The highest BCUT2D eigenvalue weighted by Crippen LogP contribution is 2.33. The van der Waals surface area contributed by atoms with Crippen LogP contribution in [0.2, 0.25) is 0 Å². The molecule has 0 amide bonds. The van der Waals surface area contributed by atoms with E-state index >= 15 is 0 Å². The first-order valence-corrected chi connectivity index (χ1v) is 8.40. The summed E-state index contributed by atoms with van der Waals surface area (Å²) in [5.74, 6) is 1.75. The normalized spacial score (nSPS) is 24.2. The molecule has 1 heterocycles. The molecule has 0 aliphatic heterocycles. The molecule has 3 nitrogen and oxygen atoms in total. The van der Waals surface area contributed by atoms with Crippen LogP contribution < -0.4 is 5.32 Å². The van der Waals surface area contributed by atoms with E-state index in [1.807, 2.05) is 0 Å². The maximum absolute atomic E-state index is 4.59. The van der Waals surface area contributed by atoms with Crippen molar-refractivity contribution in [1.29, 1.82) is 0 Å². The van der Waals surface area contributed by atoms with Crippen LogP contribution in [-0.2, 0) is 13.0 Å². The van der Waals surface area contributed by atoms with Gasteiger partial charge in [0.05, 0.1) is 5.69 Å². The predicted molar refractivity (Wildman–Crippen MR) is 84.9 cm³/mol. The van der Waals surface area contributed by atoms with E-state index in [4.69, 9.17) is 0 Å². The van der Waals surface area contributed by atoms with Crippen LogP contribution in [-0.4, -0.2) is 22.4 Å². The Hall–Kier alpha value is -0.830. The lowest BCUT2D eigenvalue weighted by Gasteiger charge is -2.25. The molecule has 1 aliphatic carbocycles. The lowest BCUT2D eigenvalue weighted by molar-refractivity contribution is 0.342. The van der Waals surface area contributed by atoms with Gasteiger partial charge in [0.1, 0.15) is 0 Å². The van der Waals surface area contributed by atoms with Crippen LogP contribution in [0.4, 0.5) is 0 Å². The molecule has 0 saturated heterocycles. The Bertz CT molecular complexity index is 410. The second-order valence-electron chi connectivity index (χ2n) is 6.54. The molecule has 3 unspecified atom stereocenters. The summed E-state index contributed by atoms with van der Waals surface area (Å²) in [6.07, 6.45) is 6.53. The van der Waals surface area contributed by atoms with E-state index in [0.29, 0.717) is 6.04 Å². The molecule has 20 heavy (non-hydrogen) atoms. The topological polar surface area (TPSA) is 29.9 Å². The Labute approximate surface area is 124 Å². The van der Waals surface area contributed by atoms with Crippen molar-refractivity contribution in [3.63, 3.8) is 0 Å². The summed E-state index contributed by atoms with van der Waals surface area (Å²) < 4.78 is 2.17. The molecular weight excluding hydrogens is 246 g/mol. The molecule has 1 saturated carbocycles. The first-order chi connectivity index (χ1) is 9.63. The molecule has 0 spiro atoms. The average molecular weight is 277 g/mol. The monoisotopic (exact) mass is 277 g/mol. The average Bonchev–Trinajstić information content (AvgIpc) is 3.00. The van der Waals surface area contributed by atoms with Crippen molar-refractivity contribution in [2.75, 3.05) is 6.54 Å². The lowest BCUT2D eigenvalue weighted by atomic mass is 9.93. The van der Waals surface area contributed by atoms with Gasteiger partial charge in [0, 0.05) is 24.7 Å². The quantitative estimate of drug-likeness (QED) is 0.826. The van der Waals surface area contributed by atoms with Gasteiger partial charge in [-0.05, 0) is 57.6 Å². The van der Waals surface area contributed by atoms with E-state index in [9.17, 15) is 0 Å². The number of aromatic nitrogens is 2. The molecule has 1 fully saturated rings. The second kappa shape index (κ2) is 7.26. The summed E-state index contributed by atoms with van der Waals surface area (Å²) in [6, 6.07) is 2.89. The highest BCUT2D eigenvalue weighted by atomic mass is 15.3. The fourth-order valence-corrected chi connectivity index (χ4v) is 3.61. The zero-order chi connectivity index (χ0) is 14.5. The second-order valence-corrected chi connectivity index (χ2v) is 6.54. The maximum atomic E-state index is 4.59. The van der Waals surface area contributed by atoms with Gasteiger partial charge in [-0.2, -0.15) is 5.10 Å². The van der Waals surface area contributed by atoms with Crippen LogP contribution in [0.1, 0.15) is 57.8 Å². The van der Waals surface area contributed by atoms with Crippen LogP contribution in [0.5, 0.6) is 0 Å². The van der Waals surface area contributed by atoms with Gasteiger partial charge in [-0.1, -0.05) is 20.3 Å². The number of rotatable bonds is 7. The molecule has 0 bridgehead atoms. The van der Waals surface area contributed by atoms with Crippen molar-refractivity contribution >= 4 is 0 Å². The van der Waals surface area contributed by atoms with Crippen molar-refractivity contribution < 1.29 is 0 Å².